The molecule has 4 saturated heterocycles. The highest BCUT2D eigenvalue weighted by atomic mass is 16.5. The normalized spacial score (nSPS) is 37.7. The zero-order valence-electron chi connectivity index (χ0n) is 17.7. The summed E-state index contributed by atoms with van der Waals surface area (Å²) in [6.45, 7) is 16.6. The Morgan fingerprint density at radius 1 is 0.852 bits per heavy atom. The molecule has 4 aliphatic heterocycles. The van der Waals surface area contributed by atoms with Crippen molar-refractivity contribution in [2.45, 2.75) is 53.8 Å². The van der Waals surface area contributed by atoms with Crippen LogP contribution in [0.2, 0.25) is 0 Å². The highest BCUT2D eigenvalue weighted by molar-refractivity contribution is 5.94. The summed E-state index contributed by atoms with van der Waals surface area (Å²) >= 11 is 0. The summed E-state index contributed by atoms with van der Waals surface area (Å²) in [6.07, 6.45) is 0.470. The molecule has 4 bridgehead atoms. The van der Waals surface area contributed by atoms with Crippen LogP contribution in [0.4, 0.5) is 0 Å². The first-order valence-electron chi connectivity index (χ1n) is 10.5. The minimum Gasteiger partial charge on any atom is -0.491 e. The largest absolute Gasteiger partial charge is 0.491 e. The van der Waals surface area contributed by atoms with Crippen molar-refractivity contribution in [3.63, 3.8) is 0 Å². The second kappa shape index (κ2) is 6.31. The van der Waals surface area contributed by atoms with Crippen LogP contribution in [-0.4, -0.2) is 47.9 Å². The Morgan fingerprint density at radius 2 is 1.30 bits per heavy atom. The van der Waals surface area contributed by atoms with Crippen LogP contribution in [0.5, 0.6) is 5.75 Å². The van der Waals surface area contributed by atoms with Crippen LogP contribution in [0.3, 0.4) is 0 Å². The molecule has 0 unspecified atom stereocenters. The maximum Gasteiger partial charge on any atom is 0.150 e. The van der Waals surface area contributed by atoms with Crippen LogP contribution in [0.25, 0.3) is 0 Å². The number of rotatable bonds is 5. The lowest BCUT2D eigenvalue weighted by Gasteiger charge is -2.68. The summed E-state index contributed by atoms with van der Waals surface area (Å²) in [5.41, 5.74) is 0.894. The van der Waals surface area contributed by atoms with Crippen molar-refractivity contribution < 1.29 is 9.53 Å². The van der Waals surface area contributed by atoms with Gasteiger partial charge in [0.1, 0.15) is 5.75 Å². The van der Waals surface area contributed by atoms with E-state index in [1.165, 1.54) is 5.56 Å². The molecule has 4 heterocycles. The molecule has 0 aliphatic carbocycles. The van der Waals surface area contributed by atoms with Crippen molar-refractivity contribution in [3.05, 3.63) is 29.8 Å². The van der Waals surface area contributed by atoms with Crippen LogP contribution in [0, 0.1) is 22.7 Å². The van der Waals surface area contributed by atoms with E-state index in [1.807, 2.05) is 0 Å². The number of carbonyl (C=O) groups is 1. The van der Waals surface area contributed by atoms with Crippen LogP contribution in [0.1, 0.15) is 53.3 Å². The van der Waals surface area contributed by atoms with Gasteiger partial charge in [-0.2, -0.15) is 0 Å². The van der Waals surface area contributed by atoms with Gasteiger partial charge in [-0.25, -0.2) is 0 Å². The molecule has 1 aromatic rings. The van der Waals surface area contributed by atoms with E-state index < -0.39 is 0 Å². The molecule has 0 spiro atoms. The van der Waals surface area contributed by atoms with Gasteiger partial charge in [0.05, 0.1) is 23.1 Å². The summed E-state index contributed by atoms with van der Waals surface area (Å²) < 4.78 is 5.81. The molecule has 4 heteroatoms. The SMILES string of the molecule is CC(C)Oc1ccc(C2N3CC4(C(C)C)CN2CC(C(C)C)(C3)C4=O)cc1. The first-order valence-corrected chi connectivity index (χ1v) is 10.5. The molecule has 1 aromatic carbocycles. The summed E-state index contributed by atoms with van der Waals surface area (Å²) in [6, 6.07) is 8.58. The fourth-order valence-corrected chi connectivity index (χ4v) is 5.69. The van der Waals surface area contributed by atoms with Gasteiger partial charge in [0.2, 0.25) is 0 Å². The predicted octanol–water partition coefficient (Wildman–Crippen LogP) is 3.97. The van der Waals surface area contributed by atoms with Gasteiger partial charge in [-0.1, -0.05) is 39.8 Å². The molecule has 0 amide bonds. The third-order valence-electron chi connectivity index (χ3n) is 7.30. The van der Waals surface area contributed by atoms with E-state index in [1.54, 1.807) is 0 Å². The zero-order chi connectivity index (χ0) is 19.6. The molecule has 4 aliphatic rings. The fraction of sp³-hybridized carbons (Fsp3) is 0.696. The van der Waals surface area contributed by atoms with Gasteiger partial charge >= 0.3 is 0 Å². The Labute approximate surface area is 163 Å². The maximum absolute atomic E-state index is 13.6. The van der Waals surface area contributed by atoms with Crippen molar-refractivity contribution in [2.24, 2.45) is 22.7 Å². The molecular formula is C23H34N2O2. The minimum absolute atomic E-state index is 0.187. The first-order chi connectivity index (χ1) is 12.7. The summed E-state index contributed by atoms with van der Waals surface area (Å²) in [5, 5.41) is 0. The molecule has 5 rings (SSSR count). The predicted molar refractivity (Wildman–Crippen MR) is 108 cm³/mol. The number of benzene rings is 1. The van der Waals surface area contributed by atoms with Gasteiger partial charge in [0.25, 0.3) is 0 Å². The first kappa shape index (κ1) is 18.9. The van der Waals surface area contributed by atoms with E-state index in [0.717, 1.165) is 31.9 Å². The van der Waals surface area contributed by atoms with Crippen molar-refractivity contribution >= 4 is 5.78 Å². The lowest BCUT2D eigenvalue weighted by atomic mass is 9.53. The number of Topliss-reactive ketones (excluding diaryl/α,β-unsaturated/α-hetero) is 1. The Bertz CT molecular complexity index is 676. The number of nitrogens with zero attached hydrogens (tertiary/aromatic N) is 2. The molecule has 4 fully saturated rings. The number of hydrogen-bond donors (Lipinski definition) is 0. The lowest BCUT2D eigenvalue weighted by molar-refractivity contribution is -0.217. The molecule has 0 N–H and O–H groups in total. The monoisotopic (exact) mass is 370 g/mol. The Kier molecular flexibility index (Phi) is 4.43. The van der Waals surface area contributed by atoms with Crippen molar-refractivity contribution in [1.82, 2.24) is 9.80 Å². The van der Waals surface area contributed by atoms with Crippen LogP contribution >= 0.6 is 0 Å². The number of carbonyl (C=O) groups excluding carboxylic acids is 1. The maximum atomic E-state index is 13.6. The van der Waals surface area contributed by atoms with Gasteiger partial charge in [-0.15, -0.1) is 0 Å². The van der Waals surface area contributed by atoms with Crippen LogP contribution < -0.4 is 4.74 Å². The Morgan fingerprint density at radius 3 is 1.67 bits per heavy atom. The topological polar surface area (TPSA) is 32.8 Å². The third-order valence-corrected chi connectivity index (χ3v) is 7.30. The van der Waals surface area contributed by atoms with Gasteiger partial charge in [-0.3, -0.25) is 14.6 Å². The van der Waals surface area contributed by atoms with E-state index in [9.17, 15) is 4.79 Å². The molecule has 0 aromatic heterocycles. The van der Waals surface area contributed by atoms with Crippen LogP contribution in [-0.2, 0) is 4.79 Å². The van der Waals surface area contributed by atoms with Gasteiger partial charge in [0.15, 0.2) is 5.78 Å². The summed E-state index contributed by atoms with van der Waals surface area (Å²) in [5.74, 6) is 2.20. The second-order valence-electron chi connectivity index (χ2n) is 9.87. The average molecular weight is 371 g/mol. The number of piperidine rings is 2. The van der Waals surface area contributed by atoms with Crippen LogP contribution in [0.15, 0.2) is 24.3 Å². The summed E-state index contributed by atoms with van der Waals surface area (Å²) in [4.78, 5) is 18.8. The van der Waals surface area contributed by atoms with E-state index in [2.05, 4.69) is 75.6 Å². The van der Waals surface area contributed by atoms with Gasteiger partial charge in [-0.05, 0) is 43.4 Å². The Hall–Kier alpha value is -1.39. The van der Waals surface area contributed by atoms with E-state index in [0.29, 0.717) is 17.6 Å². The van der Waals surface area contributed by atoms with Gasteiger partial charge in [0, 0.05) is 26.2 Å². The zero-order valence-corrected chi connectivity index (χ0v) is 17.7. The lowest BCUT2D eigenvalue weighted by Crippen LogP contribution is -2.78. The summed E-state index contributed by atoms with van der Waals surface area (Å²) in [7, 11) is 0. The number of ether oxygens (including phenoxy) is 1. The fourth-order valence-electron chi connectivity index (χ4n) is 5.69. The Balaban J connectivity index is 1.68. The smallest absolute Gasteiger partial charge is 0.150 e. The van der Waals surface area contributed by atoms with E-state index in [-0.39, 0.29) is 23.1 Å². The van der Waals surface area contributed by atoms with E-state index >= 15 is 0 Å². The number of ketones is 1. The molecule has 0 radical (unpaired) electrons. The van der Waals surface area contributed by atoms with Gasteiger partial charge < -0.3 is 4.74 Å². The highest BCUT2D eigenvalue weighted by Gasteiger charge is 2.67. The molecule has 0 saturated carbocycles. The van der Waals surface area contributed by atoms with Crippen molar-refractivity contribution in [2.75, 3.05) is 26.2 Å². The third kappa shape index (κ3) is 2.67. The second-order valence-corrected chi connectivity index (χ2v) is 9.87. The average Bonchev–Trinajstić information content (AvgIpc) is 2.58. The highest BCUT2D eigenvalue weighted by Crippen LogP contribution is 2.57. The molecular weight excluding hydrogens is 336 g/mol. The quantitative estimate of drug-likeness (QED) is 0.785. The molecule has 148 valence electrons. The van der Waals surface area contributed by atoms with Crippen molar-refractivity contribution in [1.29, 1.82) is 0 Å². The van der Waals surface area contributed by atoms with E-state index in [4.69, 9.17) is 4.74 Å². The number of hydrogen-bond acceptors (Lipinski definition) is 4. The molecule has 0 atom stereocenters. The van der Waals surface area contributed by atoms with Crippen molar-refractivity contribution in [3.8, 4) is 5.75 Å². The standard InChI is InChI=1S/C23H34N2O2/c1-15(2)22-11-24-13-23(16(3)4,21(22)26)14-25(12-22)20(24)18-7-9-19(10-8-18)27-17(5)6/h7-10,15-17,20H,11-14H2,1-6H3. The molecule has 27 heavy (non-hydrogen) atoms. The molecule has 4 nitrogen and oxygen atoms in total. The minimum atomic E-state index is -0.210.